The largest absolute Gasteiger partial charge is 0.477 e. The van der Waals surface area contributed by atoms with Crippen LogP contribution in [-0.2, 0) is 9.53 Å². The van der Waals surface area contributed by atoms with E-state index >= 15 is 0 Å². The first kappa shape index (κ1) is 19.5. The molecule has 0 aliphatic carbocycles. The number of hydrogen-bond acceptors (Lipinski definition) is 6. The Kier molecular flexibility index (Phi) is 6.37. The summed E-state index contributed by atoms with van der Waals surface area (Å²) in [4.78, 5) is 33.8. The molecule has 136 valence electrons. The molecular weight excluding hydrogens is 387 g/mol. The van der Waals surface area contributed by atoms with Crippen LogP contribution in [-0.4, -0.2) is 30.5 Å². The number of nitrogens with zero attached hydrogens (tertiary/aromatic N) is 1. The fraction of sp³-hybridized carbons (Fsp3) is 0.125. The van der Waals surface area contributed by atoms with E-state index in [4.69, 9.17) is 27.9 Å². The Morgan fingerprint density at radius 3 is 2.62 bits per heavy atom. The van der Waals surface area contributed by atoms with Crippen molar-refractivity contribution in [2.75, 3.05) is 19.0 Å². The molecule has 0 saturated carbocycles. The number of methoxy groups -OCH3 is 1. The molecule has 2 rings (SSSR count). The number of carbonyl (C=O) groups is 2. The number of anilines is 1. The van der Waals surface area contributed by atoms with E-state index in [0.29, 0.717) is 0 Å². The summed E-state index contributed by atoms with van der Waals surface area (Å²) in [5.41, 5.74) is -0.202. The summed E-state index contributed by atoms with van der Waals surface area (Å²) in [6, 6.07) is 8.21. The first-order chi connectivity index (χ1) is 12.3. The molecule has 0 saturated heterocycles. The minimum atomic E-state index is -0.729. The van der Waals surface area contributed by atoms with Gasteiger partial charge in [0.1, 0.15) is 0 Å². The maximum absolute atomic E-state index is 12.0. The minimum Gasteiger partial charge on any atom is -0.477 e. The number of rotatable bonds is 6. The van der Waals surface area contributed by atoms with Crippen LogP contribution in [0, 0.1) is 10.1 Å². The lowest BCUT2D eigenvalue weighted by molar-refractivity contribution is -0.385. The fourth-order valence-electron chi connectivity index (χ4n) is 1.96. The van der Waals surface area contributed by atoms with E-state index in [1.807, 2.05) is 0 Å². The number of ether oxygens (including phenoxy) is 2. The quantitative estimate of drug-likeness (QED) is 0.451. The molecule has 1 N–H and O–H groups in total. The predicted molar refractivity (Wildman–Crippen MR) is 95.0 cm³/mol. The van der Waals surface area contributed by atoms with Gasteiger partial charge in [-0.25, -0.2) is 4.79 Å². The van der Waals surface area contributed by atoms with Crippen LogP contribution in [0.4, 0.5) is 11.4 Å². The van der Waals surface area contributed by atoms with E-state index < -0.39 is 29.1 Å². The zero-order valence-corrected chi connectivity index (χ0v) is 14.8. The van der Waals surface area contributed by atoms with Gasteiger partial charge >= 0.3 is 11.7 Å². The number of halogens is 2. The summed E-state index contributed by atoms with van der Waals surface area (Å²) in [5, 5.41) is 14.1. The Balaban J connectivity index is 2.11. The molecule has 0 fully saturated rings. The molecule has 8 nitrogen and oxygen atoms in total. The molecule has 10 heteroatoms. The van der Waals surface area contributed by atoms with Crippen molar-refractivity contribution in [3.8, 4) is 5.75 Å². The van der Waals surface area contributed by atoms with Crippen LogP contribution in [0.25, 0.3) is 0 Å². The Morgan fingerprint density at radius 2 is 1.96 bits per heavy atom. The molecule has 0 radical (unpaired) electrons. The third-order valence-electron chi connectivity index (χ3n) is 3.16. The molecule has 1 amide bonds. The number of benzene rings is 2. The second-order valence-corrected chi connectivity index (χ2v) is 5.65. The molecule has 0 spiro atoms. The monoisotopic (exact) mass is 398 g/mol. The number of hydrogen-bond donors (Lipinski definition) is 1. The first-order valence-corrected chi connectivity index (χ1v) is 7.82. The minimum absolute atomic E-state index is 0.0123. The van der Waals surface area contributed by atoms with E-state index in [9.17, 15) is 19.7 Å². The lowest BCUT2D eigenvalue weighted by atomic mass is 10.2. The molecule has 0 aliphatic rings. The van der Waals surface area contributed by atoms with Crippen LogP contribution in [0.3, 0.4) is 0 Å². The topological polar surface area (TPSA) is 108 Å². The summed E-state index contributed by atoms with van der Waals surface area (Å²) in [6.07, 6.45) is 0. The molecular formula is C16H12Cl2N2O6. The highest BCUT2D eigenvalue weighted by atomic mass is 35.5. The summed E-state index contributed by atoms with van der Waals surface area (Å²) in [5.74, 6) is -1.50. The molecule has 0 unspecified atom stereocenters. The Bertz CT molecular complexity index is 872. The first-order valence-electron chi connectivity index (χ1n) is 7.07. The van der Waals surface area contributed by atoms with E-state index in [2.05, 4.69) is 10.1 Å². The Morgan fingerprint density at radius 1 is 1.23 bits per heavy atom. The summed E-state index contributed by atoms with van der Waals surface area (Å²) >= 11 is 11.8. The molecule has 2 aromatic rings. The summed E-state index contributed by atoms with van der Waals surface area (Å²) in [6.45, 7) is -0.513. The lowest BCUT2D eigenvalue weighted by Gasteiger charge is -2.10. The number of nitro benzene ring substituents is 1. The maximum atomic E-state index is 12.0. The Labute approximate surface area is 157 Å². The van der Waals surface area contributed by atoms with Gasteiger partial charge in [-0.3, -0.25) is 14.9 Å². The zero-order chi connectivity index (χ0) is 19.3. The summed E-state index contributed by atoms with van der Waals surface area (Å²) < 4.78 is 9.70. The van der Waals surface area contributed by atoms with Gasteiger partial charge in [0.2, 0.25) is 0 Å². The van der Waals surface area contributed by atoms with E-state index in [1.165, 1.54) is 12.1 Å². The second kappa shape index (κ2) is 8.50. The van der Waals surface area contributed by atoms with Gasteiger partial charge < -0.3 is 14.8 Å². The number of carbonyl (C=O) groups excluding carboxylic acids is 2. The smallest absolute Gasteiger partial charge is 0.338 e. The third kappa shape index (κ3) is 4.62. The highest BCUT2D eigenvalue weighted by molar-refractivity contribution is 6.44. The molecule has 26 heavy (non-hydrogen) atoms. The molecule has 0 aliphatic heterocycles. The van der Waals surface area contributed by atoms with Crippen molar-refractivity contribution in [1.82, 2.24) is 0 Å². The number of nitrogens with one attached hydrogen (secondary N) is 1. The van der Waals surface area contributed by atoms with E-state index in [1.54, 1.807) is 18.2 Å². The van der Waals surface area contributed by atoms with Gasteiger partial charge in [0.05, 0.1) is 33.3 Å². The van der Waals surface area contributed by atoms with E-state index in [0.717, 1.165) is 13.2 Å². The standard InChI is InChI=1S/C16H12Cl2N2O6/c1-25-16(22)9-5-6-13(12(7-9)20(23)24)26-8-14(21)19-11-4-2-3-10(17)15(11)18/h2-7H,8H2,1H3,(H,19,21). The van der Waals surface area contributed by atoms with Gasteiger partial charge in [0.15, 0.2) is 12.4 Å². The van der Waals surface area contributed by atoms with Crippen LogP contribution < -0.4 is 10.1 Å². The predicted octanol–water partition coefficient (Wildman–Crippen LogP) is 3.71. The normalized spacial score (nSPS) is 10.1. The van der Waals surface area contributed by atoms with Crippen molar-refractivity contribution < 1.29 is 24.0 Å². The third-order valence-corrected chi connectivity index (χ3v) is 3.98. The van der Waals surface area contributed by atoms with Gasteiger partial charge in [-0.05, 0) is 24.3 Å². The number of nitro groups is 1. The fourth-order valence-corrected chi connectivity index (χ4v) is 2.30. The molecule has 0 atom stereocenters. The molecule has 0 heterocycles. The molecule has 0 bridgehead atoms. The SMILES string of the molecule is COC(=O)c1ccc(OCC(=O)Nc2cccc(Cl)c2Cl)c([N+](=O)[O-])c1. The summed E-state index contributed by atoms with van der Waals surface area (Å²) in [7, 11) is 1.16. The lowest BCUT2D eigenvalue weighted by Crippen LogP contribution is -2.20. The number of esters is 1. The van der Waals surface area contributed by atoms with Crippen molar-refractivity contribution >= 4 is 46.5 Å². The van der Waals surface area contributed by atoms with Gasteiger partial charge in [-0.1, -0.05) is 29.3 Å². The second-order valence-electron chi connectivity index (χ2n) is 4.87. The van der Waals surface area contributed by atoms with Gasteiger partial charge in [0.25, 0.3) is 5.91 Å². The van der Waals surface area contributed by atoms with Crippen LogP contribution in [0.2, 0.25) is 10.0 Å². The highest BCUT2D eigenvalue weighted by Crippen LogP contribution is 2.30. The van der Waals surface area contributed by atoms with Crippen molar-refractivity contribution in [3.63, 3.8) is 0 Å². The van der Waals surface area contributed by atoms with Crippen LogP contribution in [0.15, 0.2) is 36.4 Å². The van der Waals surface area contributed by atoms with Gasteiger partial charge in [-0.2, -0.15) is 0 Å². The Hall–Kier alpha value is -2.84. The van der Waals surface area contributed by atoms with Crippen molar-refractivity contribution in [2.45, 2.75) is 0 Å². The highest BCUT2D eigenvalue weighted by Gasteiger charge is 2.20. The van der Waals surface area contributed by atoms with Gasteiger partial charge in [0, 0.05) is 6.07 Å². The average molecular weight is 399 g/mol. The molecule has 2 aromatic carbocycles. The number of amides is 1. The molecule has 0 aromatic heterocycles. The van der Waals surface area contributed by atoms with Crippen LogP contribution in [0.5, 0.6) is 5.75 Å². The van der Waals surface area contributed by atoms with Crippen LogP contribution >= 0.6 is 23.2 Å². The average Bonchev–Trinajstić information content (AvgIpc) is 2.63. The zero-order valence-electron chi connectivity index (χ0n) is 13.3. The van der Waals surface area contributed by atoms with Crippen LogP contribution in [0.1, 0.15) is 10.4 Å². The van der Waals surface area contributed by atoms with Crippen molar-refractivity contribution in [3.05, 3.63) is 62.1 Å². The maximum Gasteiger partial charge on any atom is 0.338 e. The van der Waals surface area contributed by atoms with Crippen molar-refractivity contribution in [2.24, 2.45) is 0 Å². The van der Waals surface area contributed by atoms with Gasteiger partial charge in [-0.15, -0.1) is 0 Å². The van der Waals surface area contributed by atoms with E-state index in [-0.39, 0.29) is 27.0 Å². The van der Waals surface area contributed by atoms with Crippen molar-refractivity contribution in [1.29, 1.82) is 0 Å².